The van der Waals surface area contributed by atoms with Crippen molar-refractivity contribution in [3.8, 4) is 5.75 Å². The van der Waals surface area contributed by atoms with Gasteiger partial charge in [-0.1, -0.05) is 39.7 Å². The average Bonchev–Trinajstić information content (AvgIpc) is 2.63. The van der Waals surface area contributed by atoms with Crippen LogP contribution in [0.1, 0.15) is 37.2 Å². The molecule has 0 radical (unpaired) electrons. The van der Waals surface area contributed by atoms with Crippen molar-refractivity contribution in [2.75, 3.05) is 4.90 Å². The fourth-order valence-electron chi connectivity index (χ4n) is 3.93. The van der Waals surface area contributed by atoms with Crippen molar-refractivity contribution in [2.45, 2.75) is 31.6 Å². The van der Waals surface area contributed by atoms with Crippen LogP contribution < -0.4 is 4.90 Å². The summed E-state index contributed by atoms with van der Waals surface area (Å²) in [5.74, 6) is -0.120. The second-order valence-electron chi connectivity index (χ2n) is 6.81. The van der Waals surface area contributed by atoms with Crippen LogP contribution in [0.2, 0.25) is 5.02 Å². The fraction of sp³-hybridized carbons (Fsp3) is 0.238. The molecule has 4 rings (SSSR count). The van der Waals surface area contributed by atoms with Gasteiger partial charge in [-0.25, -0.2) is 0 Å². The average molecular weight is 447 g/mol. The van der Waals surface area contributed by atoms with Crippen LogP contribution >= 0.6 is 27.5 Å². The molecule has 6 heteroatoms. The van der Waals surface area contributed by atoms with Gasteiger partial charge >= 0.3 is 0 Å². The third-order valence-corrected chi connectivity index (χ3v) is 5.92. The van der Waals surface area contributed by atoms with Crippen molar-refractivity contribution in [3.63, 3.8) is 0 Å². The van der Waals surface area contributed by atoms with E-state index in [1.54, 1.807) is 41.3 Å². The lowest BCUT2D eigenvalue weighted by Crippen LogP contribution is -2.40. The number of nitrogens with zero attached hydrogens (tertiary/aromatic N) is 1. The van der Waals surface area contributed by atoms with Crippen LogP contribution in [-0.4, -0.2) is 16.8 Å². The van der Waals surface area contributed by atoms with Gasteiger partial charge in [-0.2, -0.15) is 0 Å². The number of hydrogen-bond acceptors (Lipinski definition) is 3. The molecule has 138 valence electrons. The van der Waals surface area contributed by atoms with E-state index >= 15 is 0 Å². The van der Waals surface area contributed by atoms with E-state index in [2.05, 4.69) is 15.9 Å². The Bertz CT molecular complexity index is 968. The van der Waals surface area contributed by atoms with Gasteiger partial charge in [0.1, 0.15) is 5.75 Å². The van der Waals surface area contributed by atoms with Gasteiger partial charge in [0.05, 0.1) is 10.7 Å². The molecule has 0 saturated carbocycles. The Morgan fingerprint density at radius 2 is 1.81 bits per heavy atom. The summed E-state index contributed by atoms with van der Waals surface area (Å²) in [5, 5.41) is 10.0. The van der Waals surface area contributed by atoms with Crippen molar-refractivity contribution in [1.82, 2.24) is 0 Å². The third kappa shape index (κ3) is 3.30. The van der Waals surface area contributed by atoms with E-state index in [0.717, 1.165) is 22.2 Å². The van der Waals surface area contributed by atoms with Crippen molar-refractivity contribution in [2.24, 2.45) is 0 Å². The normalized spacial score (nSPS) is 20.1. The maximum Gasteiger partial charge on any atom is 0.232 e. The molecule has 1 N–H and O–H groups in total. The minimum Gasteiger partial charge on any atom is -0.508 e. The van der Waals surface area contributed by atoms with Crippen LogP contribution in [0.25, 0.3) is 0 Å². The number of anilines is 1. The highest BCUT2D eigenvalue weighted by atomic mass is 79.9. The van der Waals surface area contributed by atoms with E-state index in [-0.39, 0.29) is 29.8 Å². The summed E-state index contributed by atoms with van der Waals surface area (Å²) in [6, 6.07) is 12.1. The molecule has 0 fully saturated rings. The Kier molecular flexibility index (Phi) is 4.82. The molecule has 0 aromatic heterocycles. The number of rotatable bonds is 2. The molecule has 4 nitrogen and oxygen atoms in total. The lowest BCUT2D eigenvalue weighted by Gasteiger charge is -2.38. The highest BCUT2D eigenvalue weighted by Gasteiger charge is 2.40. The zero-order valence-corrected chi connectivity index (χ0v) is 16.8. The minimum absolute atomic E-state index is 0.0780. The lowest BCUT2D eigenvalue weighted by molar-refractivity contribution is -0.119. The number of halogens is 2. The van der Waals surface area contributed by atoms with E-state index < -0.39 is 0 Å². The first kappa shape index (κ1) is 18.3. The van der Waals surface area contributed by atoms with Crippen LogP contribution in [-0.2, 0) is 9.59 Å². The number of Topliss-reactive ketones (excluding diaryl/α,β-unsaturated/α-hetero) is 1. The van der Waals surface area contributed by atoms with Gasteiger partial charge in [-0.3, -0.25) is 14.5 Å². The number of phenols is 1. The summed E-state index contributed by atoms with van der Waals surface area (Å²) in [4.78, 5) is 27.5. The summed E-state index contributed by atoms with van der Waals surface area (Å²) in [6.07, 6.45) is 2.07. The van der Waals surface area contributed by atoms with Crippen LogP contribution in [0.5, 0.6) is 5.75 Å². The number of carbonyl (C=O) groups is 2. The van der Waals surface area contributed by atoms with Crippen LogP contribution in [0.15, 0.2) is 58.2 Å². The molecule has 0 bridgehead atoms. The zero-order chi connectivity index (χ0) is 19.1. The fourth-order valence-corrected chi connectivity index (χ4v) is 4.68. The Labute approximate surface area is 170 Å². The van der Waals surface area contributed by atoms with E-state index in [1.165, 1.54) is 0 Å². The number of amides is 1. The molecule has 1 unspecified atom stereocenters. The first-order valence-corrected chi connectivity index (χ1v) is 9.96. The summed E-state index contributed by atoms with van der Waals surface area (Å²) in [5.41, 5.74) is 2.93. The van der Waals surface area contributed by atoms with E-state index in [4.69, 9.17) is 11.6 Å². The first-order chi connectivity index (χ1) is 13.0. The lowest BCUT2D eigenvalue weighted by atomic mass is 9.77. The summed E-state index contributed by atoms with van der Waals surface area (Å²) in [6.45, 7) is 0. The summed E-state index contributed by atoms with van der Waals surface area (Å²) < 4.78 is 0.830. The zero-order valence-electron chi connectivity index (χ0n) is 14.4. The van der Waals surface area contributed by atoms with Crippen molar-refractivity contribution in [1.29, 1.82) is 0 Å². The number of carbonyl (C=O) groups excluding carboxylic acids is 2. The molecule has 2 aromatic rings. The summed E-state index contributed by atoms with van der Waals surface area (Å²) in [7, 11) is 0. The number of hydrogen-bond donors (Lipinski definition) is 1. The molecule has 2 aliphatic rings. The van der Waals surface area contributed by atoms with Crippen LogP contribution in [0, 0.1) is 0 Å². The second-order valence-corrected chi connectivity index (χ2v) is 8.13. The topological polar surface area (TPSA) is 57.6 Å². The first-order valence-electron chi connectivity index (χ1n) is 8.79. The van der Waals surface area contributed by atoms with Gasteiger partial charge in [0.2, 0.25) is 5.91 Å². The molecular formula is C21H17BrClNO3. The standard InChI is InChI=1S/C21H17BrClNO3/c22-13-6-9-17(16(23)10-13)24-18-2-1-3-19(26)21(18)15(11-20(24)27)12-4-7-14(25)8-5-12/h4-10,15,25H,1-3,11H2. The number of allylic oxidation sites excluding steroid dienone is 2. The minimum atomic E-state index is -0.286. The predicted octanol–water partition coefficient (Wildman–Crippen LogP) is 5.34. The second kappa shape index (κ2) is 7.13. The number of aromatic hydroxyl groups is 1. The number of ketones is 1. The predicted molar refractivity (Wildman–Crippen MR) is 108 cm³/mol. The van der Waals surface area contributed by atoms with Crippen LogP contribution in [0.4, 0.5) is 5.69 Å². The van der Waals surface area contributed by atoms with Gasteiger partial charge in [0, 0.05) is 34.5 Å². The Hall–Kier alpha value is -2.11. The largest absolute Gasteiger partial charge is 0.508 e. The van der Waals surface area contributed by atoms with E-state index in [0.29, 0.717) is 29.1 Å². The molecule has 0 saturated heterocycles. The van der Waals surface area contributed by atoms with E-state index in [9.17, 15) is 14.7 Å². The van der Waals surface area contributed by atoms with Crippen molar-refractivity contribution < 1.29 is 14.7 Å². The molecule has 1 heterocycles. The van der Waals surface area contributed by atoms with Crippen molar-refractivity contribution >= 4 is 44.9 Å². The highest BCUT2D eigenvalue weighted by molar-refractivity contribution is 9.10. The molecule has 1 aliphatic heterocycles. The third-order valence-electron chi connectivity index (χ3n) is 5.12. The SMILES string of the molecule is O=C1CCCC2=C1C(c1ccc(O)cc1)CC(=O)N2c1ccc(Br)cc1Cl. The van der Waals surface area contributed by atoms with Crippen molar-refractivity contribution in [3.05, 3.63) is 68.8 Å². The maximum absolute atomic E-state index is 13.1. The Morgan fingerprint density at radius 3 is 2.52 bits per heavy atom. The molecule has 2 aromatic carbocycles. The monoisotopic (exact) mass is 445 g/mol. The van der Waals surface area contributed by atoms with Gasteiger partial charge in [0.25, 0.3) is 0 Å². The Balaban J connectivity index is 1.87. The van der Waals surface area contributed by atoms with Gasteiger partial charge < -0.3 is 5.11 Å². The maximum atomic E-state index is 13.1. The molecule has 1 atom stereocenters. The molecule has 1 aliphatic carbocycles. The Morgan fingerprint density at radius 1 is 1.07 bits per heavy atom. The molecule has 0 spiro atoms. The summed E-state index contributed by atoms with van der Waals surface area (Å²) >= 11 is 9.79. The highest BCUT2D eigenvalue weighted by Crippen LogP contribution is 2.45. The van der Waals surface area contributed by atoms with Gasteiger partial charge in [-0.05, 0) is 48.7 Å². The molecule has 27 heavy (non-hydrogen) atoms. The smallest absolute Gasteiger partial charge is 0.232 e. The van der Waals surface area contributed by atoms with Crippen LogP contribution in [0.3, 0.4) is 0 Å². The molecule has 1 amide bonds. The quantitative estimate of drug-likeness (QED) is 0.678. The van der Waals surface area contributed by atoms with E-state index in [1.807, 2.05) is 6.07 Å². The van der Waals surface area contributed by atoms with Gasteiger partial charge in [0.15, 0.2) is 5.78 Å². The van der Waals surface area contributed by atoms with Gasteiger partial charge in [-0.15, -0.1) is 0 Å². The number of benzene rings is 2. The molecular weight excluding hydrogens is 430 g/mol. The number of phenolic OH excluding ortho intramolecular Hbond substituents is 1.